The van der Waals surface area contributed by atoms with Crippen molar-refractivity contribution in [3.63, 3.8) is 0 Å². The highest BCUT2D eigenvalue weighted by atomic mass is 16.4. The van der Waals surface area contributed by atoms with E-state index in [0.717, 1.165) is 12.3 Å². The standard InChI is InChI=1S/C7H15BO2/c9-8(10)6-5-7-3-1-2-4-7/h7,9-10H,1-6H2. The summed E-state index contributed by atoms with van der Waals surface area (Å²) in [4.78, 5) is 0. The van der Waals surface area contributed by atoms with Gasteiger partial charge in [-0.1, -0.05) is 32.1 Å². The third kappa shape index (κ3) is 2.71. The molecule has 2 N–H and O–H groups in total. The van der Waals surface area contributed by atoms with Crippen LogP contribution < -0.4 is 0 Å². The van der Waals surface area contributed by atoms with Crippen molar-refractivity contribution in [1.82, 2.24) is 0 Å². The maximum Gasteiger partial charge on any atom is 0.451 e. The first-order chi connectivity index (χ1) is 4.79. The first-order valence-corrected chi connectivity index (χ1v) is 4.15. The van der Waals surface area contributed by atoms with E-state index in [4.69, 9.17) is 10.0 Å². The minimum absolute atomic E-state index is 0.560. The molecule has 2 nitrogen and oxygen atoms in total. The van der Waals surface area contributed by atoms with Crippen LogP contribution in [-0.2, 0) is 0 Å². The Morgan fingerprint density at radius 2 is 1.80 bits per heavy atom. The average Bonchev–Trinajstić information content (AvgIpc) is 2.34. The van der Waals surface area contributed by atoms with Gasteiger partial charge in [-0.2, -0.15) is 0 Å². The van der Waals surface area contributed by atoms with Crippen LogP contribution in [0.1, 0.15) is 32.1 Å². The monoisotopic (exact) mass is 142 g/mol. The van der Waals surface area contributed by atoms with Crippen molar-refractivity contribution >= 4 is 7.12 Å². The molecule has 1 saturated carbocycles. The second-order valence-corrected chi connectivity index (χ2v) is 3.21. The lowest BCUT2D eigenvalue weighted by molar-refractivity contribution is 0.391. The predicted molar refractivity (Wildman–Crippen MR) is 41.6 cm³/mol. The van der Waals surface area contributed by atoms with Gasteiger partial charge in [0.2, 0.25) is 0 Å². The molecule has 1 fully saturated rings. The third-order valence-corrected chi connectivity index (χ3v) is 2.31. The Labute approximate surface area is 62.4 Å². The first kappa shape index (κ1) is 8.09. The summed E-state index contributed by atoms with van der Waals surface area (Å²) < 4.78 is 0. The Hall–Kier alpha value is -0.0151. The zero-order chi connectivity index (χ0) is 7.40. The highest BCUT2D eigenvalue weighted by Crippen LogP contribution is 2.28. The van der Waals surface area contributed by atoms with E-state index < -0.39 is 7.12 Å². The zero-order valence-electron chi connectivity index (χ0n) is 6.29. The summed E-state index contributed by atoms with van der Waals surface area (Å²) in [6.45, 7) is 0. The van der Waals surface area contributed by atoms with Crippen LogP contribution in [0, 0.1) is 5.92 Å². The summed E-state index contributed by atoms with van der Waals surface area (Å²) in [5.74, 6) is 0.779. The van der Waals surface area contributed by atoms with Gasteiger partial charge in [-0.25, -0.2) is 0 Å². The van der Waals surface area contributed by atoms with Crippen molar-refractivity contribution in [1.29, 1.82) is 0 Å². The third-order valence-electron chi connectivity index (χ3n) is 2.31. The van der Waals surface area contributed by atoms with E-state index in [1.807, 2.05) is 0 Å². The van der Waals surface area contributed by atoms with E-state index in [1.165, 1.54) is 25.7 Å². The Bertz CT molecular complexity index is 89.6. The van der Waals surface area contributed by atoms with E-state index in [2.05, 4.69) is 0 Å². The van der Waals surface area contributed by atoms with Crippen molar-refractivity contribution in [2.24, 2.45) is 5.92 Å². The molecule has 0 bridgehead atoms. The summed E-state index contributed by atoms with van der Waals surface area (Å²) in [5, 5.41) is 17.1. The smallest absolute Gasteiger partial charge is 0.427 e. The van der Waals surface area contributed by atoms with Crippen LogP contribution in [0.4, 0.5) is 0 Å². The molecule has 58 valence electrons. The molecule has 0 radical (unpaired) electrons. The van der Waals surface area contributed by atoms with Crippen LogP contribution in [0.15, 0.2) is 0 Å². The molecule has 0 aliphatic heterocycles. The van der Waals surface area contributed by atoms with Gasteiger partial charge >= 0.3 is 7.12 Å². The van der Waals surface area contributed by atoms with E-state index in [0.29, 0.717) is 6.32 Å². The van der Waals surface area contributed by atoms with Gasteiger partial charge in [-0.3, -0.25) is 0 Å². The van der Waals surface area contributed by atoms with Gasteiger partial charge in [-0.05, 0) is 12.2 Å². The molecule has 0 heterocycles. The molecule has 0 spiro atoms. The van der Waals surface area contributed by atoms with Gasteiger partial charge in [0.25, 0.3) is 0 Å². The molecule has 0 aromatic heterocycles. The van der Waals surface area contributed by atoms with Crippen LogP contribution >= 0.6 is 0 Å². The average molecular weight is 142 g/mol. The molecule has 0 saturated heterocycles. The Morgan fingerprint density at radius 1 is 1.20 bits per heavy atom. The SMILES string of the molecule is OB(O)CCC1CCCC1. The minimum Gasteiger partial charge on any atom is -0.427 e. The maximum absolute atomic E-state index is 8.57. The topological polar surface area (TPSA) is 40.5 Å². The molecular formula is C7H15BO2. The molecule has 3 heteroatoms. The molecule has 0 amide bonds. The maximum atomic E-state index is 8.57. The molecule has 1 aliphatic carbocycles. The van der Waals surface area contributed by atoms with Crippen molar-refractivity contribution < 1.29 is 10.0 Å². The van der Waals surface area contributed by atoms with Crippen LogP contribution in [0.25, 0.3) is 0 Å². The first-order valence-electron chi connectivity index (χ1n) is 4.15. The number of hydrogen-bond acceptors (Lipinski definition) is 2. The predicted octanol–water partition coefficient (Wildman–Crippen LogP) is 1.04. The molecule has 0 aromatic carbocycles. The van der Waals surface area contributed by atoms with Gasteiger partial charge in [0.05, 0.1) is 0 Å². The van der Waals surface area contributed by atoms with E-state index in [9.17, 15) is 0 Å². The molecule has 10 heavy (non-hydrogen) atoms. The van der Waals surface area contributed by atoms with Gasteiger partial charge in [0, 0.05) is 0 Å². The second-order valence-electron chi connectivity index (χ2n) is 3.21. The summed E-state index contributed by atoms with van der Waals surface area (Å²) in [6, 6.07) is 0. The quantitative estimate of drug-likeness (QED) is 0.578. The van der Waals surface area contributed by atoms with Crippen molar-refractivity contribution in [3.8, 4) is 0 Å². The van der Waals surface area contributed by atoms with E-state index in [1.54, 1.807) is 0 Å². The minimum atomic E-state index is -1.08. The molecular weight excluding hydrogens is 127 g/mol. The number of rotatable bonds is 3. The van der Waals surface area contributed by atoms with Crippen molar-refractivity contribution in [3.05, 3.63) is 0 Å². The van der Waals surface area contributed by atoms with Crippen LogP contribution in [-0.4, -0.2) is 17.2 Å². The van der Waals surface area contributed by atoms with Crippen LogP contribution in [0.3, 0.4) is 0 Å². The lowest BCUT2D eigenvalue weighted by Gasteiger charge is -2.06. The summed E-state index contributed by atoms with van der Waals surface area (Å²) in [6.07, 6.45) is 6.83. The van der Waals surface area contributed by atoms with E-state index in [-0.39, 0.29) is 0 Å². The van der Waals surface area contributed by atoms with Crippen LogP contribution in [0.2, 0.25) is 6.32 Å². The fourth-order valence-electron chi connectivity index (χ4n) is 1.68. The summed E-state index contributed by atoms with van der Waals surface area (Å²) >= 11 is 0. The number of hydrogen-bond donors (Lipinski definition) is 2. The lowest BCUT2D eigenvalue weighted by Crippen LogP contribution is -2.11. The van der Waals surface area contributed by atoms with Gasteiger partial charge in [0.1, 0.15) is 0 Å². The van der Waals surface area contributed by atoms with Gasteiger partial charge in [-0.15, -0.1) is 0 Å². The highest BCUT2D eigenvalue weighted by Gasteiger charge is 2.17. The molecule has 1 rings (SSSR count). The Morgan fingerprint density at radius 3 is 2.30 bits per heavy atom. The Balaban J connectivity index is 2.01. The molecule has 0 aromatic rings. The normalized spacial score (nSPS) is 19.8. The second kappa shape index (κ2) is 3.99. The van der Waals surface area contributed by atoms with Gasteiger partial charge < -0.3 is 10.0 Å². The Kier molecular flexibility index (Phi) is 3.22. The highest BCUT2D eigenvalue weighted by molar-refractivity contribution is 6.40. The van der Waals surface area contributed by atoms with Crippen molar-refractivity contribution in [2.45, 2.75) is 38.4 Å². The molecule has 1 aliphatic rings. The van der Waals surface area contributed by atoms with Crippen molar-refractivity contribution in [2.75, 3.05) is 0 Å². The largest absolute Gasteiger partial charge is 0.451 e. The van der Waals surface area contributed by atoms with E-state index >= 15 is 0 Å². The molecule has 0 atom stereocenters. The fraction of sp³-hybridized carbons (Fsp3) is 1.00. The lowest BCUT2D eigenvalue weighted by atomic mass is 9.80. The fourth-order valence-corrected chi connectivity index (χ4v) is 1.68. The zero-order valence-corrected chi connectivity index (χ0v) is 6.29. The summed E-state index contributed by atoms with van der Waals surface area (Å²) in [5.41, 5.74) is 0. The van der Waals surface area contributed by atoms with Gasteiger partial charge in [0.15, 0.2) is 0 Å². The summed E-state index contributed by atoms with van der Waals surface area (Å²) in [7, 11) is -1.08. The van der Waals surface area contributed by atoms with Crippen LogP contribution in [0.5, 0.6) is 0 Å². The molecule has 0 unspecified atom stereocenters.